The molecular formula is H4Cl3KMgO2. The summed E-state index contributed by atoms with van der Waals surface area (Å²) in [4.78, 5) is 0. The molecule has 0 aromatic carbocycles. The molecule has 2 nitrogen and oxygen atoms in total. The van der Waals surface area contributed by atoms with E-state index in [1.54, 1.807) is 0 Å². The quantitative estimate of drug-likeness (QED) is 0.353. The van der Waals surface area contributed by atoms with Crippen molar-refractivity contribution in [3.05, 3.63) is 0 Å². The molecule has 0 heterocycles. The number of hydrogen-bond donors (Lipinski definition) is 0. The zero-order chi connectivity index (χ0) is 0. The smallest absolute Gasteiger partial charge is 1.00 e. The Bertz CT molecular complexity index is 12.9. The van der Waals surface area contributed by atoms with Crippen LogP contribution in [0.25, 0.3) is 0 Å². The van der Waals surface area contributed by atoms with Crippen molar-refractivity contribution in [2.45, 2.75) is 0 Å². The van der Waals surface area contributed by atoms with Crippen LogP contribution >= 0.6 is 0 Å². The third-order valence-electron chi connectivity index (χ3n) is 0. The van der Waals surface area contributed by atoms with Crippen molar-refractivity contribution in [3.8, 4) is 0 Å². The molecule has 0 fully saturated rings. The van der Waals surface area contributed by atoms with Crippen LogP contribution in [0.2, 0.25) is 0 Å². The largest absolute Gasteiger partial charge is 2.00 e. The molecule has 0 aliphatic rings. The van der Waals surface area contributed by atoms with Crippen LogP contribution in [0.15, 0.2) is 0 Å². The molecule has 0 saturated carbocycles. The van der Waals surface area contributed by atoms with Gasteiger partial charge in [0.05, 0.1) is 0 Å². The maximum Gasteiger partial charge on any atom is 2.00 e. The van der Waals surface area contributed by atoms with Gasteiger partial charge in [0.1, 0.15) is 0 Å². The zero-order valence-corrected chi connectivity index (χ0v) is 10.6. The van der Waals surface area contributed by atoms with Crippen molar-refractivity contribution >= 4 is 23.1 Å². The molecule has 40 valence electrons. The van der Waals surface area contributed by atoms with Gasteiger partial charge in [-0.25, -0.2) is 0 Å². The second-order valence-corrected chi connectivity index (χ2v) is 0. The van der Waals surface area contributed by atoms with E-state index in [2.05, 4.69) is 0 Å². The molecular weight excluding hydrogens is 202 g/mol. The van der Waals surface area contributed by atoms with Crippen LogP contribution in [0.4, 0.5) is 0 Å². The Balaban J connectivity index is 0. The first-order chi connectivity index (χ1) is 0. The van der Waals surface area contributed by atoms with E-state index >= 15 is 0 Å². The van der Waals surface area contributed by atoms with Crippen molar-refractivity contribution in [3.63, 3.8) is 0 Å². The summed E-state index contributed by atoms with van der Waals surface area (Å²) in [6, 6.07) is 0. The normalized spacial score (nSPS) is 0. The fourth-order valence-electron chi connectivity index (χ4n) is 0. The van der Waals surface area contributed by atoms with Gasteiger partial charge < -0.3 is 48.2 Å². The predicted octanol–water partition coefficient (Wildman–Crippen LogP) is -14.0. The van der Waals surface area contributed by atoms with E-state index in [0.29, 0.717) is 0 Å². The van der Waals surface area contributed by atoms with Crippen LogP contribution in [-0.4, -0.2) is 34.0 Å². The second kappa shape index (κ2) is 60.5. The van der Waals surface area contributed by atoms with E-state index in [1.165, 1.54) is 0 Å². The number of rotatable bonds is 0. The van der Waals surface area contributed by atoms with E-state index < -0.39 is 0 Å². The van der Waals surface area contributed by atoms with E-state index in [1.807, 2.05) is 0 Å². The van der Waals surface area contributed by atoms with E-state index in [4.69, 9.17) is 0 Å². The Morgan fingerprint density at radius 3 is 0.571 bits per heavy atom. The van der Waals surface area contributed by atoms with Crippen LogP contribution in [0.1, 0.15) is 0 Å². The summed E-state index contributed by atoms with van der Waals surface area (Å²) in [6.45, 7) is 0. The summed E-state index contributed by atoms with van der Waals surface area (Å²) in [5.74, 6) is 0. The molecule has 4 N–H and O–H groups in total. The molecule has 7 heavy (non-hydrogen) atoms. The molecule has 0 aliphatic heterocycles. The van der Waals surface area contributed by atoms with E-state index in [0.717, 1.165) is 0 Å². The topological polar surface area (TPSA) is 63.0 Å². The van der Waals surface area contributed by atoms with Gasteiger partial charge in [-0.05, 0) is 0 Å². The fraction of sp³-hybridized carbons (Fsp3) is 0. The molecule has 0 amide bonds. The molecule has 0 rings (SSSR count). The summed E-state index contributed by atoms with van der Waals surface area (Å²) in [5.41, 5.74) is 0. The van der Waals surface area contributed by atoms with Gasteiger partial charge in [0.2, 0.25) is 0 Å². The minimum absolute atomic E-state index is 0. The van der Waals surface area contributed by atoms with Crippen molar-refractivity contribution in [2.75, 3.05) is 0 Å². The first-order valence-electron chi connectivity index (χ1n) is 0. The summed E-state index contributed by atoms with van der Waals surface area (Å²) in [6.07, 6.45) is 0. The third-order valence-corrected chi connectivity index (χ3v) is 0. The summed E-state index contributed by atoms with van der Waals surface area (Å²) in [7, 11) is 0. The minimum atomic E-state index is 0. The van der Waals surface area contributed by atoms with Crippen LogP contribution in [0, 0.1) is 0 Å². The van der Waals surface area contributed by atoms with Gasteiger partial charge in [-0.1, -0.05) is 0 Å². The van der Waals surface area contributed by atoms with Crippen molar-refractivity contribution in [1.29, 1.82) is 0 Å². The first kappa shape index (κ1) is 84.5. The van der Waals surface area contributed by atoms with Gasteiger partial charge in [0.25, 0.3) is 0 Å². The second-order valence-electron chi connectivity index (χ2n) is 0. The summed E-state index contributed by atoms with van der Waals surface area (Å²) >= 11 is 0. The van der Waals surface area contributed by atoms with Gasteiger partial charge in [-0.15, -0.1) is 0 Å². The Kier molecular flexibility index (Phi) is 731. The average molecular weight is 206 g/mol. The van der Waals surface area contributed by atoms with Gasteiger partial charge in [0.15, 0.2) is 0 Å². The van der Waals surface area contributed by atoms with Crippen LogP contribution < -0.4 is 88.6 Å². The average Bonchev–Trinajstić information content (AvgIpc) is 0. The molecule has 0 aromatic heterocycles. The molecule has 0 aliphatic carbocycles. The first-order valence-corrected chi connectivity index (χ1v) is 0. The Morgan fingerprint density at radius 1 is 0.571 bits per heavy atom. The van der Waals surface area contributed by atoms with Crippen LogP contribution in [0.5, 0.6) is 0 Å². The van der Waals surface area contributed by atoms with E-state index in [9.17, 15) is 0 Å². The van der Waals surface area contributed by atoms with Gasteiger partial charge in [-0.3, -0.25) is 0 Å². The molecule has 0 aromatic rings. The van der Waals surface area contributed by atoms with Crippen LogP contribution in [0.3, 0.4) is 0 Å². The van der Waals surface area contributed by atoms with Gasteiger partial charge in [-0.2, -0.15) is 0 Å². The monoisotopic (exact) mass is 204 g/mol. The number of hydrogen-bond acceptors (Lipinski definition) is 0. The van der Waals surface area contributed by atoms with Crippen molar-refractivity contribution in [2.24, 2.45) is 0 Å². The van der Waals surface area contributed by atoms with Gasteiger partial charge >= 0.3 is 74.4 Å². The zero-order valence-electron chi connectivity index (χ0n) is 3.84. The molecule has 0 atom stereocenters. The van der Waals surface area contributed by atoms with Crippen LogP contribution in [-0.2, 0) is 0 Å². The molecule has 0 radical (unpaired) electrons. The predicted molar refractivity (Wildman–Crippen MR) is 13.0 cm³/mol. The third kappa shape index (κ3) is 46.7. The molecule has 0 bridgehead atoms. The molecule has 7 heteroatoms. The molecule has 0 unspecified atom stereocenters. The van der Waals surface area contributed by atoms with Crippen molar-refractivity contribution < 1.29 is 99.6 Å². The van der Waals surface area contributed by atoms with E-state index in [-0.39, 0.29) is 123 Å². The summed E-state index contributed by atoms with van der Waals surface area (Å²) in [5, 5.41) is 0. The minimum Gasteiger partial charge on any atom is -1.00 e. The Morgan fingerprint density at radius 2 is 0.571 bits per heavy atom. The number of halogens is 3. The van der Waals surface area contributed by atoms with Crippen molar-refractivity contribution in [1.82, 2.24) is 0 Å². The maximum absolute atomic E-state index is 0. The maximum atomic E-state index is 0. The van der Waals surface area contributed by atoms with Gasteiger partial charge in [0, 0.05) is 0 Å². The molecule has 0 spiro atoms. The SMILES string of the molecule is O.O.[Cl-].[Cl-].[Cl-].[K+].[Mg+2]. The Labute approximate surface area is 120 Å². The summed E-state index contributed by atoms with van der Waals surface area (Å²) < 4.78 is 0. The molecule has 0 saturated heterocycles. The Hall–Kier alpha value is 3.19. The standard InChI is InChI=1S/3ClH.K.Mg.2H2O/h3*1H;;;2*1H2/q;;;+1;+2;;/p-3. The fourth-order valence-corrected chi connectivity index (χ4v) is 0.